The molecule has 100 valence electrons. The largest absolute Gasteiger partial charge is 0.364 e. The van der Waals surface area contributed by atoms with E-state index in [0.29, 0.717) is 13.1 Å². The number of aromatic nitrogens is 2. The maximum atomic E-state index is 11.8. The number of carbonyl (C=O) groups excluding carboxylic acids is 1. The standard InChI is InChI=1S/C12H20N4O2/c13-9-10-3-4-11(18-10)12(17)14-5-1-7-16-8-2-6-15-16/h2,6,8,10-11H,1,3-5,7,9,13H2,(H,14,17). The molecular weight excluding hydrogens is 232 g/mol. The summed E-state index contributed by atoms with van der Waals surface area (Å²) >= 11 is 0. The zero-order chi connectivity index (χ0) is 12.8. The fourth-order valence-electron chi connectivity index (χ4n) is 2.07. The highest BCUT2D eigenvalue weighted by Gasteiger charge is 2.29. The average Bonchev–Trinajstić information content (AvgIpc) is 3.05. The summed E-state index contributed by atoms with van der Waals surface area (Å²) in [5, 5.41) is 6.98. The van der Waals surface area contributed by atoms with Crippen molar-refractivity contribution in [3.63, 3.8) is 0 Å². The summed E-state index contributed by atoms with van der Waals surface area (Å²) in [5.74, 6) is -0.0218. The summed E-state index contributed by atoms with van der Waals surface area (Å²) in [6.07, 6.45) is 5.90. The molecule has 2 atom stereocenters. The molecule has 1 aliphatic rings. The van der Waals surface area contributed by atoms with Crippen molar-refractivity contribution in [2.45, 2.75) is 38.0 Å². The average molecular weight is 252 g/mol. The van der Waals surface area contributed by atoms with Crippen molar-refractivity contribution in [2.75, 3.05) is 13.1 Å². The molecule has 0 spiro atoms. The lowest BCUT2D eigenvalue weighted by atomic mass is 10.2. The summed E-state index contributed by atoms with van der Waals surface area (Å²) in [4.78, 5) is 11.8. The molecule has 1 aromatic rings. The van der Waals surface area contributed by atoms with Crippen molar-refractivity contribution in [3.05, 3.63) is 18.5 Å². The van der Waals surface area contributed by atoms with E-state index >= 15 is 0 Å². The zero-order valence-electron chi connectivity index (χ0n) is 10.4. The molecule has 0 saturated carbocycles. The molecule has 2 heterocycles. The highest BCUT2D eigenvalue weighted by atomic mass is 16.5. The normalized spacial score (nSPS) is 23.2. The van der Waals surface area contributed by atoms with Crippen molar-refractivity contribution in [1.82, 2.24) is 15.1 Å². The second-order valence-corrected chi connectivity index (χ2v) is 4.47. The highest BCUT2D eigenvalue weighted by Crippen LogP contribution is 2.18. The van der Waals surface area contributed by atoms with Crippen LogP contribution < -0.4 is 11.1 Å². The van der Waals surface area contributed by atoms with E-state index < -0.39 is 0 Å². The molecule has 0 radical (unpaired) electrons. The third-order valence-corrected chi connectivity index (χ3v) is 3.09. The number of aryl methyl sites for hydroxylation is 1. The number of carbonyl (C=O) groups is 1. The Balaban J connectivity index is 1.60. The summed E-state index contributed by atoms with van der Waals surface area (Å²) < 4.78 is 7.37. The molecule has 18 heavy (non-hydrogen) atoms. The van der Waals surface area contributed by atoms with Crippen molar-refractivity contribution >= 4 is 5.91 Å². The first-order valence-corrected chi connectivity index (χ1v) is 6.40. The van der Waals surface area contributed by atoms with Gasteiger partial charge in [-0.05, 0) is 25.3 Å². The number of rotatable bonds is 6. The Kier molecular flexibility index (Phi) is 4.72. The van der Waals surface area contributed by atoms with E-state index in [1.807, 2.05) is 16.9 Å². The summed E-state index contributed by atoms with van der Waals surface area (Å²) in [7, 11) is 0. The third kappa shape index (κ3) is 3.54. The molecule has 1 aromatic heterocycles. The van der Waals surface area contributed by atoms with Gasteiger partial charge in [-0.3, -0.25) is 9.48 Å². The van der Waals surface area contributed by atoms with E-state index in [2.05, 4.69) is 10.4 Å². The van der Waals surface area contributed by atoms with Crippen LogP contribution in [0.2, 0.25) is 0 Å². The summed E-state index contributed by atoms with van der Waals surface area (Å²) in [5.41, 5.74) is 5.51. The summed E-state index contributed by atoms with van der Waals surface area (Å²) in [6.45, 7) is 1.94. The highest BCUT2D eigenvalue weighted by molar-refractivity contribution is 5.80. The number of amides is 1. The lowest BCUT2D eigenvalue weighted by Gasteiger charge is -2.12. The monoisotopic (exact) mass is 252 g/mol. The Bertz CT molecular complexity index is 366. The number of nitrogens with one attached hydrogen (secondary N) is 1. The molecule has 3 N–H and O–H groups in total. The van der Waals surface area contributed by atoms with Gasteiger partial charge < -0.3 is 15.8 Å². The molecule has 0 aliphatic carbocycles. The number of hydrogen-bond donors (Lipinski definition) is 2. The molecule has 0 aromatic carbocycles. The molecular formula is C12H20N4O2. The topological polar surface area (TPSA) is 82.2 Å². The predicted molar refractivity (Wildman–Crippen MR) is 66.8 cm³/mol. The van der Waals surface area contributed by atoms with E-state index in [4.69, 9.17) is 10.5 Å². The first-order valence-electron chi connectivity index (χ1n) is 6.40. The van der Waals surface area contributed by atoms with Crippen LogP contribution in [0.1, 0.15) is 19.3 Å². The smallest absolute Gasteiger partial charge is 0.249 e. The maximum Gasteiger partial charge on any atom is 0.249 e. The molecule has 6 nitrogen and oxygen atoms in total. The molecule has 1 saturated heterocycles. The molecule has 1 amide bonds. The van der Waals surface area contributed by atoms with Gasteiger partial charge in [-0.15, -0.1) is 0 Å². The van der Waals surface area contributed by atoms with Gasteiger partial charge in [-0.2, -0.15) is 5.10 Å². The van der Waals surface area contributed by atoms with E-state index in [1.54, 1.807) is 6.20 Å². The van der Waals surface area contributed by atoms with Gasteiger partial charge >= 0.3 is 0 Å². The van der Waals surface area contributed by atoms with Crippen LogP contribution in [0.15, 0.2) is 18.5 Å². The van der Waals surface area contributed by atoms with E-state index in [9.17, 15) is 4.79 Å². The van der Waals surface area contributed by atoms with Crippen LogP contribution in [-0.4, -0.2) is 41.0 Å². The second-order valence-electron chi connectivity index (χ2n) is 4.47. The van der Waals surface area contributed by atoms with Crippen LogP contribution in [0, 0.1) is 0 Å². The lowest BCUT2D eigenvalue weighted by molar-refractivity contribution is -0.131. The Morgan fingerprint density at radius 2 is 2.44 bits per heavy atom. The Morgan fingerprint density at radius 3 is 3.11 bits per heavy atom. The first-order chi connectivity index (χ1) is 8.79. The van der Waals surface area contributed by atoms with Crippen molar-refractivity contribution in [2.24, 2.45) is 5.73 Å². The third-order valence-electron chi connectivity index (χ3n) is 3.09. The van der Waals surface area contributed by atoms with Crippen LogP contribution in [0.5, 0.6) is 0 Å². The Hall–Kier alpha value is -1.40. The van der Waals surface area contributed by atoms with Crippen LogP contribution >= 0.6 is 0 Å². The van der Waals surface area contributed by atoms with Gasteiger partial charge in [0, 0.05) is 32.0 Å². The predicted octanol–water partition coefficient (Wildman–Crippen LogP) is -0.104. The first kappa shape index (κ1) is 13.0. The number of hydrogen-bond acceptors (Lipinski definition) is 4. The van der Waals surface area contributed by atoms with Gasteiger partial charge in [0.2, 0.25) is 5.91 Å². The van der Waals surface area contributed by atoms with Gasteiger partial charge in [-0.25, -0.2) is 0 Å². The van der Waals surface area contributed by atoms with E-state index in [1.165, 1.54) is 0 Å². The van der Waals surface area contributed by atoms with Crippen LogP contribution in [0.3, 0.4) is 0 Å². The molecule has 1 aliphatic heterocycles. The van der Waals surface area contributed by atoms with Crippen molar-refractivity contribution in [1.29, 1.82) is 0 Å². The Morgan fingerprint density at radius 1 is 1.56 bits per heavy atom. The number of nitrogens with zero attached hydrogens (tertiary/aromatic N) is 2. The van der Waals surface area contributed by atoms with Gasteiger partial charge in [0.1, 0.15) is 6.10 Å². The molecule has 2 rings (SSSR count). The van der Waals surface area contributed by atoms with Gasteiger partial charge in [0.15, 0.2) is 0 Å². The van der Waals surface area contributed by atoms with Crippen molar-refractivity contribution < 1.29 is 9.53 Å². The van der Waals surface area contributed by atoms with Crippen LogP contribution in [-0.2, 0) is 16.1 Å². The summed E-state index contributed by atoms with van der Waals surface area (Å²) in [6, 6.07) is 1.89. The molecule has 0 bridgehead atoms. The minimum atomic E-state index is -0.316. The fraction of sp³-hybridized carbons (Fsp3) is 0.667. The van der Waals surface area contributed by atoms with Gasteiger partial charge in [0.25, 0.3) is 0 Å². The maximum absolute atomic E-state index is 11.8. The molecule has 2 unspecified atom stereocenters. The minimum Gasteiger partial charge on any atom is -0.364 e. The van der Waals surface area contributed by atoms with Crippen molar-refractivity contribution in [3.8, 4) is 0 Å². The lowest BCUT2D eigenvalue weighted by Crippen LogP contribution is -2.36. The van der Waals surface area contributed by atoms with Gasteiger partial charge in [0.05, 0.1) is 6.10 Å². The molecule has 1 fully saturated rings. The SMILES string of the molecule is NCC1CCC(C(=O)NCCCn2cccn2)O1. The van der Waals surface area contributed by atoms with E-state index in [-0.39, 0.29) is 18.1 Å². The number of nitrogens with two attached hydrogens (primary N) is 1. The fourth-order valence-corrected chi connectivity index (χ4v) is 2.07. The quantitative estimate of drug-likeness (QED) is 0.692. The minimum absolute atomic E-state index is 0.0218. The van der Waals surface area contributed by atoms with Gasteiger partial charge in [-0.1, -0.05) is 0 Å². The van der Waals surface area contributed by atoms with E-state index in [0.717, 1.165) is 25.8 Å². The molecule has 6 heteroatoms. The second kappa shape index (κ2) is 6.51. The van der Waals surface area contributed by atoms with Crippen LogP contribution in [0.25, 0.3) is 0 Å². The van der Waals surface area contributed by atoms with Crippen LogP contribution in [0.4, 0.5) is 0 Å². The zero-order valence-corrected chi connectivity index (χ0v) is 10.4. The number of ether oxygens (including phenoxy) is 1. The Labute approximate surface area is 106 Å².